The predicted octanol–water partition coefficient (Wildman–Crippen LogP) is 8.51. The summed E-state index contributed by atoms with van der Waals surface area (Å²) in [5, 5.41) is 1.31. The van der Waals surface area contributed by atoms with E-state index in [1.165, 1.54) is 13.0 Å². The molecule has 4 aromatic carbocycles. The Morgan fingerprint density at radius 3 is 2.18 bits per heavy atom. The van der Waals surface area contributed by atoms with Gasteiger partial charge in [-0.15, -0.1) is 0 Å². The third kappa shape index (κ3) is 5.19. The summed E-state index contributed by atoms with van der Waals surface area (Å²) in [6, 6.07) is 23.1. The molecular formula is C34H21BrCl2N2O5. The molecule has 1 atom stereocenters. The van der Waals surface area contributed by atoms with Gasteiger partial charge in [-0.3, -0.25) is 14.4 Å². The topological polar surface area (TPSA) is 93.6 Å². The zero-order valence-electron chi connectivity index (χ0n) is 23.2. The van der Waals surface area contributed by atoms with E-state index in [1.807, 2.05) is 0 Å². The van der Waals surface area contributed by atoms with E-state index >= 15 is 0 Å². The van der Waals surface area contributed by atoms with Gasteiger partial charge in [0, 0.05) is 26.0 Å². The van der Waals surface area contributed by atoms with Crippen LogP contribution in [0.3, 0.4) is 0 Å². The molecule has 218 valence electrons. The van der Waals surface area contributed by atoms with E-state index in [0.29, 0.717) is 64.6 Å². The molecule has 44 heavy (non-hydrogen) atoms. The van der Waals surface area contributed by atoms with Crippen LogP contribution in [0, 0.1) is 6.92 Å². The minimum Gasteiger partial charge on any atom is -0.451 e. The Labute approximate surface area is 270 Å². The molecule has 0 fully saturated rings. The quantitative estimate of drug-likeness (QED) is 0.101. The van der Waals surface area contributed by atoms with Crippen LogP contribution in [0.25, 0.3) is 22.2 Å². The summed E-state index contributed by atoms with van der Waals surface area (Å²) in [4.78, 5) is 58.5. The highest BCUT2D eigenvalue weighted by molar-refractivity contribution is 9.10. The number of fused-ring (bicyclic) bond motifs is 2. The summed E-state index contributed by atoms with van der Waals surface area (Å²) in [7, 11) is 0. The van der Waals surface area contributed by atoms with Crippen LogP contribution in [0.15, 0.2) is 89.4 Å². The molecule has 1 aliphatic rings. The molecule has 0 bridgehead atoms. The first-order valence-corrected chi connectivity index (χ1v) is 15.0. The summed E-state index contributed by atoms with van der Waals surface area (Å²) in [6.45, 7) is 3.29. The second-order valence-corrected chi connectivity index (χ2v) is 11.9. The SMILES string of the molecule is Cc1c(Cl)c(Br)cc2c(C(=O)OC(C)C(=O)c3cccc(Cl)c3)cc(-c3ccc(N4C(=O)c5ccccc5C4=O)cc3)nc12. The van der Waals surface area contributed by atoms with Crippen LogP contribution < -0.4 is 4.90 Å². The summed E-state index contributed by atoms with van der Waals surface area (Å²) in [5.74, 6) is -1.92. The third-order valence-corrected chi connectivity index (χ3v) is 9.00. The fourth-order valence-electron chi connectivity index (χ4n) is 5.14. The van der Waals surface area contributed by atoms with Crippen molar-refractivity contribution in [2.75, 3.05) is 4.90 Å². The van der Waals surface area contributed by atoms with Gasteiger partial charge >= 0.3 is 5.97 Å². The van der Waals surface area contributed by atoms with Gasteiger partial charge in [-0.05, 0) is 83.9 Å². The van der Waals surface area contributed by atoms with Gasteiger partial charge in [0.15, 0.2) is 6.10 Å². The zero-order valence-corrected chi connectivity index (χ0v) is 26.3. The maximum Gasteiger partial charge on any atom is 0.339 e. The molecule has 0 spiro atoms. The van der Waals surface area contributed by atoms with Gasteiger partial charge in [-0.1, -0.05) is 59.6 Å². The summed E-state index contributed by atoms with van der Waals surface area (Å²) in [5.41, 5.74) is 3.75. The largest absolute Gasteiger partial charge is 0.451 e. The minimum absolute atomic E-state index is 0.181. The number of carbonyl (C=O) groups is 4. The Morgan fingerprint density at radius 2 is 1.55 bits per heavy atom. The van der Waals surface area contributed by atoms with Crippen molar-refractivity contribution < 1.29 is 23.9 Å². The Kier molecular flexibility index (Phi) is 7.84. The van der Waals surface area contributed by atoms with Gasteiger partial charge in [-0.25, -0.2) is 14.7 Å². The van der Waals surface area contributed by atoms with Crippen molar-refractivity contribution in [3.63, 3.8) is 0 Å². The van der Waals surface area contributed by atoms with E-state index in [9.17, 15) is 19.2 Å². The molecule has 10 heteroatoms. The number of halogens is 3. The second kappa shape index (κ2) is 11.6. The first kappa shape index (κ1) is 29.7. The van der Waals surface area contributed by atoms with Crippen molar-refractivity contribution in [1.82, 2.24) is 4.98 Å². The number of nitrogens with zero attached hydrogens (tertiary/aromatic N) is 2. The molecule has 2 heterocycles. The number of hydrogen-bond acceptors (Lipinski definition) is 6. The third-order valence-electron chi connectivity index (χ3n) is 7.42. The molecule has 1 aromatic heterocycles. The summed E-state index contributed by atoms with van der Waals surface area (Å²) >= 11 is 16.0. The number of Topliss-reactive ketones (excluding diaryl/α,β-unsaturated/α-hetero) is 1. The number of rotatable bonds is 6. The van der Waals surface area contributed by atoms with E-state index < -0.39 is 29.7 Å². The normalized spacial score (nSPS) is 13.2. The Hall–Kier alpha value is -4.37. The van der Waals surface area contributed by atoms with E-state index in [1.54, 1.807) is 85.8 Å². The lowest BCUT2D eigenvalue weighted by Crippen LogP contribution is -2.29. The van der Waals surface area contributed by atoms with Gasteiger partial charge < -0.3 is 4.74 Å². The van der Waals surface area contributed by atoms with E-state index in [-0.39, 0.29) is 5.56 Å². The van der Waals surface area contributed by atoms with E-state index in [4.69, 9.17) is 32.9 Å². The maximum atomic E-state index is 13.6. The highest BCUT2D eigenvalue weighted by Gasteiger charge is 2.36. The minimum atomic E-state index is -1.09. The number of aromatic nitrogens is 1. The number of imide groups is 1. The number of aryl methyl sites for hydroxylation is 1. The van der Waals surface area contributed by atoms with Crippen LogP contribution in [0.5, 0.6) is 0 Å². The maximum absolute atomic E-state index is 13.6. The molecule has 0 saturated carbocycles. The number of benzene rings is 4. The summed E-state index contributed by atoms with van der Waals surface area (Å²) in [6.07, 6.45) is -1.09. The Balaban J connectivity index is 1.37. The Bertz CT molecular complexity index is 2010. The molecule has 0 aliphatic carbocycles. The average Bonchev–Trinajstić information content (AvgIpc) is 3.28. The lowest BCUT2D eigenvalue weighted by molar-refractivity contribution is 0.0320. The van der Waals surface area contributed by atoms with Crippen molar-refractivity contribution in [2.45, 2.75) is 20.0 Å². The highest BCUT2D eigenvalue weighted by atomic mass is 79.9. The molecule has 1 aliphatic heterocycles. The number of ketones is 1. The number of amides is 2. The fourth-order valence-corrected chi connectivity index (χ4v) is 6.00. The number of ether oxygens (including phenoxy) is 1. The van der Waals surface area contributed by atoms with Crippen LogP contribution in [-0.2, 0) is 4.74 Å². The zero-order chi connectivity index (χ0) is 31.3. The number of hydrogen-bond donors (Lipinski definition) is 0. The van der Waals surface area contributed by atoms with Gasteiger partial charge in [0.1, 0.15) is 0 Å². The van der Waals surface area contributed by atoms with Crippen LogP contribution in [0.4, 0.5) is 5.69 Å². The fraction of sp³-hybridized carbons (Fsp3) is 0.0882. The van der Waals surface area contributed by atoms with Gasteiger partial charge in [0.05, 0.1) is 38.6 Å². The van der Waals surface area contributed by atoms with Crippen LogP contribution in [-0.4, -0.2) is 34.7 Å². The van der Waals surface area contributed by atoms with Crippen molar-refractivity contribution in [1.29, 1.82) is 0 Å². The Morgan fingerprint density at radius 1 is 0.886 bits per heavy atom. The van der Waals surface area contributed by atoms with E-state index in [2.05, 4.69) is 15.9 Å². The van der Waals surface area contributed by atoms with Crippen LogP contribution in [0.1, 0.15) is 53.9 Å². The van der Waals surface area contributed by atoms with Crippen LogP contribution >= 0.6 is 39.1 Å². The van der Waals surface area contributed by atoms with Crippen LogP contribution in [0.2, 0.25) is 10.0 Å². The van der Waals surface area contributed by atoms with Gasteiger partial charge in [-0.2, -0.15) is 0 Å². The first-order valence-electron chi connectivity index (χ1n) is 13.4. The van der Waals surface area contributed by atoms with Gasteiger partial charge in [0.2, 0.25) is 5.78 Å². The van der Waals surface area contributed by atoms with Crippen molar-refractivity contribution in [3.05, 3.63) is 127 Å². The molecule has 5 aromatic rings. The number of anilines is 1. The standard InChI is InChI=1S/C34H21BrCl2N2O5/c1-17-29(37)27(35)15-25-26(34(43)44-18(2)31(40)20-6-5-7-21(36)14-20)16-28(38-30(17)25)19-10-12-22(13-11-19)39-32(41)23-8-3-4-9-24(23)33(39)42/h3-16,18H,1-2H3. The number of carbonyl (C=O) groups excluding carboxylic acids is 4. The number of pyridine rings is 1. The lowest BCUT2D eigenvalue weighted by Gasteiger charge is -2.17. The first-order chi connectivity index (χ1) is 21.0. The molecule has 2 amide bonds. The molecule has 7 nitrogen and oxygen atoms in total. The smallest absolute Gasteiger partial charge is 0.339 e. The molecular weight excluding hydrogens is 667 g/mol. The van der Waals surface area contributed by atoms with Crippen molar-refractivity contribution >= 4 is 79.3 Å². The monoisotopic (exact) mass is 686 g/mol. The van der Waals surface area contributed by atoms with Crippen molar-refractivity contribution in [3.8, 4) is 11.3 Å². The average molecular weight is 688 g/mol. The molecule has 6 rings (SSSR count). The lowest BCUT2D eigenvalue weighted by atomic mass is 10.0. The van der Waals surface area contributed by atoms with E-state index in [0.717, 1.165) is 4.90 Å². The second-order valence-electron chi connectivity index (χ2n) is 10.2. The summed E-state index contributed by atoms with van der Waals surface area (Å²) < 4.78 is 6.22. The molecule has 0 saturated heterocycles. The van der Waals surface area contributed by atoms with Crippen molar-refractivity contribution in [2.24, 2.45) is 0 Å². The number of esters is 1. The molecule has 0 radical (unpaired) electrons. The van der Waals surface area contributed by atoms with Gasteiger partial charge in [0.25, 0.3) is 11.8 Å². The molecule has 0 N–H and O–H groups in total. The highest BCUT2D eigenvalue weighted by Crippen LogP contribution is 2.36. The predicted molar refractivity (Wildman–Crippen MR) is 173 cm³/mol. The molecule has 1 unspecified atom stereocenters.